The SMILES string of the molecule is CC1CCN(C(=O)c2ccc3n[nH]nc3c2)CC1.CCCN(CCC)C(=O)CCc1cc(O)c(F)c(O)c1. The number of hydrogen-bond donors (Lipinski definition) is 3. The van der Waals surface area contributed by atoms with E-state index >= 15 is 0 Å². The van der Waals surface area contributed by atoms with Crippen molar-refractivity contribution in [1.82, 2.24) is 25.2 Å². The lowest BCUT2D eigenvalue weighted by molar-refractivity contribution is -0.131. The number of amides is 2. The lowest BCUT2D eigenvalue weighted by Crippen LogP contribution is -2.37. The molecule has 1 aromatic heterocycles. The molecule has 3 aromatic rings. The number of hydrogen-bond acceptors (Lipinski definition) is 6. The molecule has 0 saturated carbocycles. The highest BCUT2D eigenvalue weighted by molar-refractivity contribution is 5.97. The second kappa shape index (κ2) is 13.7. The molecule has 0 bridgehead atoms. The Morgan fingerprint density at radius 1 is 1.03 bits per heavy atom. The Balaban J connectivity index is 0.000000211. The van der Waals surface area contributed by atoms with Crippen LogP contribution in [0.15, 0.2) is 30.3 Å². The maximum absolute atomic E-state index is 13.1. The topological polar surface area (TPSA) is 123 Å². The number of nitrogens with one attached hydrogen (secondary N) is 1. The van der Waals surface area contributed by atoms with Crippen LogP contribution in [0.25, 0.3) is 11.0 Å². The van der Waals surface area contributed by atoms with Crippen molar-refractivity contribution in [3.05, 3.63) is 47.3 Å². The summed E-state index contributed by atoms with van der Waals surface area (Å²) in [5, 5.41) is 29.1. The fourth-order valence-electron chi connectivity index (χ4n) is 4.47. The van der Waals surface area contributed by atoms with Crippen molar-refractivity contribution in [2.24, 2.45) is 5.92 Å². The Morgan fingerprint density at radius 3 is 2.24 bits per heavy atom. The molecule has 0 unspecified atom stereocenters. The fourth-order valence-corrected chi connectivity index (χ4v) is 4.47. The summed E-state index contributed by atoms with van der Waals surface area (Å²) in [6.45, 7) is 9.45. The summed E-state index contributed by atoms with van der Waals surface area (Å²) < 4.78 is 13.1. The van der Waals surface area contributed by atoms with Gasteiger partial charge in [-0.05, 0) is 73.9 Å². The largest absolute Gasteiger partial charge is 0.505 e. The van der Waals surface area contributed by atoms with Gasteiger partial charge in [0.1, 0.15) is 11.0 Å². The van der Waals surface area contributed by atoms with Crippen molar-refractivity contribution < 1.29 is 24.2 Å². The van der Waals surface area contributed by atoms with Gasteiger partial charge in [0, 0.05) is 38.2 Å². The van der Waals surface area contributed by atoms with E-state index in [1.165, 1.54) is 12.1 Å². The zero-order chi connectivity index (χ0) is 27.7. The van der Waals surface area contributed by atoms with Crippen molar-refractivity contribution >= 4 is 22.8 Å². The van der Waals surface area contributed by atoms with Gasteiger partial charge in [-0.1, -0.05) is 20.8 Å². The minimum absolute atomic E-state index is 0.0389. The standard InChI is InChI=1S/C15H22FNO3.C13H16N4O/c1-3-7-17(8-4-2)14(20)6-5-11-9-12(18)15(16)13(19)10-11;1-9-4-6-17(7-5-9)13(18)10-2-3-11-12(8-10)15-16-14-11/h9-10,18-19H,3-8H2,1-2H3;2-3,8-9H,4-7H2,1H3,(H,14,15,16). The van der Waals surface area contributed by atoms with Gasteiger partial charge < -0.3 is 20.0 Å². The number of likely N-dealkylation sites (tertiary alicyclic amines) is 1. The summed E-state index contributed by atoms with van der Waals surface area (Å²) in [4.78, 5) is 28.1. The molecule has 2 aromatic carbocycles. The van der Waals surface area contributed by atoms with Gasteiger partial charge >= 0.3 is 0 Å². The predicted octanol–water partition coefficient (Wildman–Crippen LogP) is 4.65. The molecule has 0 aliphatic carbocycles. The number of aromatic amines is 1. The van der Waals surface area contributed by atoms with Crippen molar-refractivity contribution in [2.45, 2.75) is 59.3 Å². The molecule has 0 spiro atoms. The normalized spacial score (nSPS) is 13.7. The number of fused-ring (bicyclic) bond motifs is 1. The van der Waals surface area contributed by atoms with E-state index in [0.717, 1.165) is 68.8 Å². The van der Waals surface area contributed by atoms with E-state index in [0.29, 0.717) is 17.5 Å². The molecule has 2 heterocycles. The molecular formula is C28H38FN5O4. The third kappa shape index (κ3) is 7.66. The number of phenols is 2. The monoisotopic (exact) mass is 527 g/mol. The number of benzene rings is 2. The highest BCUT2D eigenvalue weighted by atomic mass is 19.1. The number of aromatic hydroxyl groups is 2. The third-order valence-electron chi connectivity index (χ3n) is 6.70. The lowest BCUT2D eigenvalue weighted by atomic mass is 9.98. The molecule has 0 atom stereocenters. The summed E-state index contributed by atoms with van der Waals surface area (Å²) in [6, 6.07) is 7.95. The van der Waals surface area contributed by atoms with E-state index in [2.05, 4.69) is 22.3 Å². The summed E-state index contributed by atoms with van der Waals surface area (Å²) in [5.74, 6) is -1.34. The number of aromatic nitrogens is 3. The molecule has 1 fully saturated rings. The van der Waals surface area contributed by atoms with Crippen LogP contribution in [-0.4, -0.2) is 73.4 Å². The van der Waals surface area contributed by atoms with Gasteiger partial charge in [-0.3, -0.25) is 9.59 Å². The molecule has 10 heteroatoms. The van der Waals surface area contributed by atoms with Crippen molar-refractivity contribution in [1.29, 1.82) is 0 Å². The van der Waals surface area contributed by atoms with Crippen LogP contribution < -0.4 is 0 Å². The van der Waals surface area contributed by atoms with Crippen LogP contribution in [0.4, 0.5) is 4.39 Å². The van der Waals surface area contributed by atoms with Crippen molar-refractivity contribution in [3.63, 3.8) is 0 Å². The third-order valence-corrected chi connectivity index (χ3v) is 6.70. The smallest absolute Gasteiger partial charge is 0.253 e. The molecule has 3 N–H and O–H groups in total. The molecular weight excluding hydrogens is 489 g/mol. The van der Waals surface area contributed by atoms with Crippen LogP contribution in [-0.2, 0) is 11.2 Å². The number of piperidine rings is 1. The fraction of sp³-hybridized carbons (Fsp3) is 0.500. The van der Waals surface area contributed by atoms with Crippen LogP contribution in [0.3, 0.4) is 0 Å². The van der Waals surface area contributed by atoms with Gasteiger partial charge in [-0.2, -0.15) is 19.8 Å². The Kier molecular flexibility index (Phi) is 10.4. The Labute approximate surface area is 222 Å². The minimum Gasteiger partial charge on any atom is -0.505 e. The van der Waals surface area contributed by atoms with Crippen molar-refractivity contribution in [3.8, 4) is 11.5 Å². The van der Waals surface area contributed by atoms with Crippen LogP contribution >= 0.6 is 0 Å². The average molecular weight is 528 g/mol. The number of nitrogens with zero attached hydrogens (tertiary/aromatic N) is 4. The molecule has 9 nitrogen and oxygen atoms in total. The summed E-state index contributed by atoms with van der Waals surface area (Å²) >= 11 is 0. The molecule has 0 radical (unpaired) electrons. The lowest BCUT2D eigenvalue weighted by Gasteiger charge is -2.30. The summed E-state index contributed by atoms with van der Waals surface area (Å²) in [5.41, 5.74) is 2.78. The van der Waals surface area contributed by atoms with Crippen LogP contribution in [0.5, 0.6) is 11.5 Å². The van der Waals surface area contributed by atoms with Crippen LogP contribution in [0.2, 0.25) is 0 Å². The second-order valence-corrected chi connectivity index (χ2v) is 9.83. The van der Waals surface area contributed by atoms with Gasteiger partial charge in [0.25, 0.3) is 5.91 Å². The van der Waals surface area contributed by atoms with Crippen LogP contribution in [0.1, 0.15) is 68.8 Å². The number of carbonyl (C=O) groups is 2. The first-order valence-corrected chi connectivity index (χ1v) is 13.3. The Morgan fingerprint density at radius 2 is 1.63 bits per heavy atom. The molecule has 1 aliphatic rings. The average Bonchev–Trinajstić information content (AvgIpc) is 3.38. The van der Waals surface area contributed by atoms with Gasteiger partial charge in [0.2, 0.25) is 11.7 Å². The summed E-state index contributed by atoms with van der Waals surface area (Å²) in [6.07, 6.45) is 4.65. The van der Waals surface area contributed by atoms with Crippen LogP contribution in [0, 0.1) is 11.7 Å². The van der Waals surface area contributed by atoms with E-state index in [9.17, 15) is 24.2 Å². The molecule has 206 valence electrons. The summed E-state index contributed by atoms with van der Waals surface area (Å²) in [7, 11) is 0. The molecule has 1 saturated heterocycles. The van der Waals surface area contributed by atoms with E-state index < -0.39 is 17.3 Å². The first-order chi connectivity index (χ1) is 18.2. The number of H-pyrrole nitrogens is 1. The molecule has 38 heavy (non-hydrogen) atoms. The Hall–Kier alpha value is -3.69. The number of rotatable bonds is 8. The Bertz CT molecular complexity index is 1190. The van der Waals surface area contributed by atoms with E-state index in [1.807, 2.05) is 35.8 Å². The maximum atomic E-state index is 13.1. The number of halogens is 1. The number of aryl methyl sites for hydroxylation is 1. The minimum atomic E-state index is -1.03. The van der Waals surface area contributed by atoms with E-state index in [4.69, 9.17) is 0 Å². The highest BCUT2D eigenvalue weighted by Crippen LogP contribution is 2.27. The van der Waals surface area contributed by atoms with Crippen molar-refractivity contribution in [2.75, 3.05) is 26.2 Å². The zero-order valence-corrected chi connectivity index (χ0v) is 22.4. The maximum Gasteiger partial charge on any atom is 0.253 e. The molecule has 4 rings (SSSR count). The highest BCUT2D eigenvalue weighted by Gasteiger charge is 2.21. The number of phenolic OH excluding ortho intramolecular Hbond substituents is 2. The first kappa shape index (κ1) is 28.9. The predicted molar refractivity (Wildman–Crippen MR) is 143 cm³/mol. The quantitative estimate of drug-likeness (QED) is 0.392. The van der Waals surface area contributed by atoms with Gasteiger partial charge in [-0.25, -0.2) is 0 Å². The van der Waals surface area contributed by atoms with E-state index in [-0.39, 0.29) is 18.2 Å². The van der Waals surface area contributed by atoms with Gasteiger partial charge in [-0.15, -0.1) is 0 Å². The molecule has 1 aliphatic heterocycles. The van der Waals surface area contributed by atoms with Gasteiger partial charge in [0.15, 0.2) is 11.5 Å². The molecule has 2 amide bonds. The van der Waals surface area contributed by atoms with E-state index in [1.54, 1.807) is 6.07 Å². The first-order valence-electron chi connectivity index (χ1n) is 13.3. The second-order valence-electron chi connectivity index (χ2n) is 9.83. The zero-order valence-electron chi connectivity index (χ0n) is 22.4. The number of carbonyl (C=O) groups excluding carboxylic acids is 2. The van der Waals surface area contributed by atoms with Gasteiger partial charge in [0.05, 0.1) is 0 Å².